The van der Waals surface area contributed by atoms with E-state index in [1.165, 1.54) is 0 Å². The lowest BCUT2D eigenvalue weighted by Gasteiger charge is -2.26. The predicted molar refractivity (Wildman–Crippen MR) is 84.2 cm³/mol. The van der Waals surface area contributed by atoms with Gasteiger partial charge in [-0.15, -0.1) is 0 Å². The molecule has 1 rings (SSSR count). The van der Waals surface area contributed by atoms with Crippen LogP contribution in [0.2, 0.25) is 0 Å². The Balaban J connectivity index is 3.05. The normalized spacial score (nSPS) is 11.3. The lowest BCUT2D eigenvalue weighted by atomic mass is 10.1. The SMILES string of the molecule is CCCN(C(=O)NC(N)=NCC)c1c(C)cccc1C. The van der Waals surface area contributed by atoms with Crippen molar-refractivity contribution in [1.82, 2.24) is 5.32 Å². The van der Waals surface area contributed by atoms with Crippen molar-refractivity contribution in [2.75, 3.05) is 18.0 Å². The average molecular weight is 276 g/mol. The number of hydrogen-bond donors (Lipinski definition) is 2. The van der Waals surface area contributed by atoms with Crippen molar-refractivity contribution in [3.8, 4) is 0 Å². The zero-order valence-electron chi connectivity index (χ0n) is 12.7. The van der Waals surface area contributed by atoms with Crippen molar-refractivity contribution in [3.05, 3.63) is 29.3 Å². The first-order valence-electron chi connectivity index (χ1n) is 6.95. The third kappa shape index (κ3) is 3.98. The van der Waals surface area contributed by atoms with Gasteiger partial charge in [-0.3, -0.25) is 15.2 Å². The molecule has 2 amide bonds. The molecule has 0 saturated carbocycles. The van der Waals surface area contributed by atoms with Crippen LogP contribution in [0.25, 0.3) is 0 Å². The van der Waals surface area contributed by atoms with Gasteiger partial charge in [-0.05, 0) is 38.3 Å². The molecule has 0 unspecified atom stereocenters. The highest BCUT2D eigenvalue weighted by Gasteiger charge is 2.19. The van der Waals surface area contributed by atoms with E-state index in [2.05, 4.69) is 10.3 Å². The molecule has 0 aliphatic carbocycles. The summed E-state index contributed by atoms with van der Waals surface area (Å²) in [7, 11) is 0. The molecule has 110 valence electrons. The summed E-state index contributed by atoms with van der Waals surface area (Å²) in [5.41, 5.74) is 8.74. The lowest BCUT2D eigenvalue weighted by molar-refractivity contribution is 0.250. The number of nitrogens with two attached hydrogens (primary N) is 1. The van der Waals surface area contributed by atoms with E-state index in [-0.39, 0.29) is 12.0 Å². The van der Waals surface area contributed by atoms with Crippen molar-refractivity contribution < 1.29 is 4.79 Å². The van der Waals surface area contributed by atoms with Gasteiger partial charge >= 0.3 is 6.03 Å². The summed E-state index contributed by atoms with van der Waals surface area (Å²) in [6.45, 7) is 9.09. The summed E-state index contributed by atoms with van der Waals surface area (Å²) in [6.07, 6.45) is 0.867. The summed E-state index contributed by atoms with van der Waals surface area (Å²) in [5, 5.41) is 2.63. The van der Waals surface area contributed by atoms with Crippen molar-refractivity contribution >= 4 is 17.7 Å². The molecule has 3 N–H and O–H groups in total. The third-order valence-electron chi connectivity index (χ3n) is 2.97. The Bertz CT molecular complexity index is 476. The Morgan fingerprint density at radius 3 is 2.40 bits per heavy atom. The third-order valence-corrected chi connectivity index (χ3v) is 2.97. The van der Waals surface area contributed by atoms with Crippen LogP contribution in [0, 0.1) is 13.8 Å². The second kappa shape index (κ2) is 7.53. The van der Waals surface area contributed by atoms with Crippen molar-refractivity contribution in [2.24, 2.45) is 10.7 Å². The van der Waals surface area contributed by atoms with E-state index in [9.17, 15) is 4.79 Å². The van der Waals surface area contributed by atoms with Crippen LogP contribution in [0.5, 0.6) is 0 Å². The average Bonchev–Trinajstić information content (AvgIpc) is 2.37. The Morgan fingerprint density at radius 2 is 1.90 bits per heavy atom. The molecule has 0 radical (unpaired) electrons. The summed E-state index contributed by atoms with van der Waals surface area (Å²) >= 11 is 0. The minimum absolute atomic E-state index is 0.157. The number of anilines is 1. The molecule has 0 saturated heterocycles. The molecule has 0 bridgehead atoms. The smallest absolute Gasteiger partial charge is 0.328 e. The van der Waals surface area contributed by atoms with Crippen molar-refractivity contribution in [2.45, 2.75) is 34.1 Å². The van der Waals surface area contributed by atoms with E-state index in [1.54, 1.807) is 4.90 Å². The topological polar surface area (TPSA) is 70.7 Å². The number of aliphatic imine (C=N–C) groups is 1. The molecule has 20 heavy (non-hydrogen) atoms. The van der Waals surface area contributed by atoms with Crippen LogP contribution in [-0.4, -0.2) is 25.1 Å². The number of aryl methyl sites for hydroxylation is 2. The van der Waals surface area contributed by atoms with Gasteiger partial charge in [0, 0.05) is 13.1 Å². The van der Waals surface area contributed by atoms with E-state index in [1.807, 2.05) is 45.9 Å². The summed E-state index contributed by atoms with van der Waals surface area (Å²) in [5.74, 6) is 0.157. The van der Waals surface area contributed by atoms with Crippen LogP contribution in [0.3, 0.4) is 0 Å². The van der Waals surface area contributed by atoms with E-state index >= 15 is 0 Å². The van der Waals surface area contributed by atoms with Gasteiger partial charge in [0.1, 0.15) is 0 Å². The molecular formula is C15H24N4O. The van der Waals surface area contributed by atoms with Gasteiger partial charge in [0.2, 0.25) is 0 Å². The highest BCUT2D eigenvalue weighted by Crippen LogP contribution is 2.24. The number of urea groups is 1. The van der Waals surface area contributed by atoms with Crippen LogP contribution in [-0.2, 0) is 0 Å². The molecule has 0 aliphatic rings. The van der Waals surface area contributed by atoms with Crippen molar-refractivity contribution in [3.63, 3.8) is 0 Å². The highest BCUT2D eigenvalue weighted by molar-refractivity contribution is 6.03. The van der Waals surface area contributed by atoms with Gasteiger partial charge in [-0.2, -0.15) is 0 Å². The fraction of sp³-hybridized carbons (Fsp3) is 0.467. The number of hydrogen-bond acceptors (Lipinski definition) is 2. The number of para-hydroxylation sites is 1. The quantitative estimate of drug-likeness (QED) is 0.655. The van der Waals surface area contributed by atoms with Crippen LogP contribution in [0.4, 0.5) is 10.5 Å². The molecule has 1 aromatic rings. The fourth-order valence-electron chi connectivity index (χ4n) is 2.16. The summed E-state index contributed by atoms with van der Waals surface area (Å²) < 4.78 is 0. The summed E-state index contributed by atoms with van der Waals surface area (Å²) in [6, 6.07) is 5.76. The molecule has 0 atom stereocenters. The number of nitrogens with one attached hydrogen (secondary N) is 1. The molecule has 5 nitrogen and oxygen atoms in total. The largest absolute Gasteiger partial charge is 0.370 e. The van der Waals surface area contributed by atoms with Gasteiger partial charge in [-0.25, -0.2) is 4.79 Å². The number of rotatable bonds is 4. The van der Waals surface area contributed by atoms with Crippen LogP contribution in [0.15, 0.2) is 23.2 Å². The number of amides is 2. The maximum absolute atomic E-state index is 12.4. The molecule has 0 heterocycles. The zero-order valence-corrected chi connectivity index (χ0v) is 12.7. The minimum atomic E-state index is -0.237. The maximum Gasteiger partial charge on any atom is 0.328 e. The highest BCUT2D eigenvalue weighted by atomic mass is 16.2. The van der Waals surface area contributed by atoms with Crippen LogP contribution >= 0.6 is 0 Å². The fourth-order valence-corrected chi connectivity index (χ4v) is 2.16. The Kier molecular flexibility index (Phi) is 6.03. The van der Waals surface area contributed by atoms with E-state index in [0.29, 0.717) is 13.1 Å². The van der Waals surface area contributed by atoms with E-state index in [4.69, 9.17) is 5.73 Å². The first kappa shape index (κ1) is 16.0. The van der Waals surface area contributed by atoms with Gasteiger partial charge < -0.3 is 5.73 Å². The lowest BCUT2D eigenvalue weighted by Crippen LogP contribution is -2.47. The molecule has 0 fully saturated rings. The number of carbonyl (C=O) groups excluding carboxylic acids is 1. The zero-order chi connectivity index (χ0) is 15.1. The number of guanidine groups is 1. The summed E-state index contributed by atoms with van der Waals surface area (Å²) in [4.78, 5) is 18.1. The standard InChI is InChI=1S/C15H24N4O/c1-5-10-19(15(20)18-14(16)17-6-2)13-11(3)8-7-9-12(13)4/h7-9H,5-6,10H2,1-4H3,(H3,16,17,18,20). The van der Waals surface area contributed by atoms with E-state index in [0.717, 1.165) is 23.2 Å². The van der Waals surface area contributed by atoms with Gasteiger partial charge in [0.05, 0.1) is 5.69 Å². The Labute approximate surface area is 120 Å². The number of carbonyl (C=O) groups is 1. The minimum Gasteiger partial charge on any atom is -0.370 e. The molecule has 1 aromatic carbocycles. The Morgan fingerprint density at radius 1 is 1.30 bits per heavy atom. The second-order valence-electron chi connectivity index (χ2n) is 4.68. The molecule has 5 heteroatoms. The number of nitrogens with zero attached hydrogens (tertiary/aromatic N) is 2. The Hall–Kier alpha value is -2.04. The van der Waals surface area contributed by atoms with Crippen LogP contribution < -0.4 is 16.0 Å². The first-order valence-corrected chi connectivity index (χ1v) is 6.95. The maximum atomic E-state index is 12.4. The second-order valence-corrected chi connectivity index (χ2v) is 4.68. The molecule has 0 aromatic heterocycles. The predicted octanol–water partition coefficient (Wildman–Crippen LogP) is 2.56. The van der Waals surface area contributed by atoms with Gasteiger partial charge in [-0.1, -0.05) is 25.1 Å². The van der Waals surface area contributed by atoms with Gasteiger partial charge in [0.25, 0.3) is 0 Å². The monoisotopic (exact) mass is 276 g/mol. The van der Waals surface area contributed by atoms with Crippen molar-refractivity contribution in [1.29, 1.82) is 0 Å². The first-order chi connectivity index (χ1) is 9.51. The van der Waals surface area contributed by atoms with Gasteiger partial charge in [0.15, 0.2) is 5.96 Å². The molecular weight excluding hydrogens is 252 g/mol. The van der Waals surface area contributed by atoms with Crippen LogP contribution in [0.1, 0.15) is 31.4 Å². The molecule has 0 spiro atoms. The molecule has 0 aliphatic heterocycles. The van der Waals surface area contributed by atoms with E-state index < -0.39 is 0 Å². The number of benzene rings is 1.